The van der Waals surface area contributed by atoms with E-state index in [1.54, 1.807) is 0 Å². The maximum Gasteiger partial charge on any atom is 0.169 e. The highest BCUT2D eigenvalue weighted by atomic mass is 32.1. The molecule has 0 saturated carbocycles. The minimum Gasteiger partial charge on any atom is -0.359 e. The van der Waals surface area contributed by atoms with Gasteiger partial charge in [-0.05, 0) is 17.8 Å². The second-order valence-corrected chi connectivity index (χ2v) is 5.46. The van der Waals surface area contributed by atoms with Gasteiger partial charge in [0.25, 0.3) is 0 Å². The van der Waals surface area contributed by atoms with Gasteiger partial charge in [0, 0.05) is 39.3 Å². The van der Waals surface area contributed by atoms with Crippen LogP contribution in [0.2, 0.25) is 0 Å². The van der Waals surface area contributed by atoms with Gasteiger partial charge >= 0.3 is 0 Å². The second kappa shape index (κ2) is 8.60. The first-order chi connectivity index (χ1) is 10.3. The summed E-state index contributed by atoms with van der Waals surface area (Å²) in [4.78, 5) is 4.68. The van der Waals surface area contributed by atoms with Crippen LogP contribution in [0.4, 0.5) is 0 Å². The summed E-state index contributed by atoms with van der Waals surface area (Å²) in [6.07, 6.45) is 6.25. The molecule has 112 valence electrons. The smallest absolute Gasteiger partial charge is 0.169 e. The maximum atomic E-state index is 5.36. The number of benzene rings is 1. The van der Waals surface area contributed by atoms with E-state index in [9.17, 15) is 0 Å². The zero-order valence-electron chi connectivity index (χ0n) is 12.4. The fraction of sp³-hybridized carbons (Fsp3) is 0.353. The molecule has 1 aromatic rings. The van der Waals surface area contributed by atoms with Crippen molar-refractivity contribution in [3.8, 4) is 0 Å². The molecule has 0 spiro atoms. The fourth-order valence-corrected chi connectivity index (χ4v) is 2.57. The first-order valence-corrected chi connectivity index (χ1v) is 7.78. The molecule has 4 heteroatoms. The molecule has 1 aromatic carbocycles. The Morgan fingerprint density at radius 2 is 1.90 bits per heavy atom. The van der Waals surface area contributed by atoms with Crippen LogP contribution in [0.1, 0.15) is 5.56 Å². The molecular formula is C17H23N3S. The van der Waals surface area contributed by atoms with Crippen LogP contribution in [0, 0.1) is 0 Å². The van der Waals surface area contributed by atoms with Crippen molar-refractivity contribution in [2.24, 2.45) is 0 Å². The van der Waals surface area contributed by atoms with Crippen molar-refractivity contribution in [1.29, 1.82) is 0 Å². The fourth-order valence-electron chi connectivity index (χ4n) is 2.31. The molecule has 1 aliphatic rings. The van der Waals surface area contributed by atoms with E-state index in [-0.39, 0.29) is 0 Å². The number of piperazine rings is 1. The van der Waals surface area contributed by atoms with Gasteiger partial charge in [0.15, 0.2) is 5.11 Å². The van der Waals surface area contributed by atoms with Crippen LogP contribution < -0.4 is 5.32 Å². The monoisotopic (exact) mass is 301 g/mol. The topological polar surface area (TPSA) is 18.5 Å². The van der Waals surface area contributed by atoms with Crippen molar-refractivity contribution in [2.45, 2.75) is 0 Å². The molecule has 0 unspecified atom stereocenters. The molecule has 0 amide bonds. The Morgan fingerprint density at radius 1 is 1.19 bits per heavy atom. The Balaban J connectivity index is 1.70. The second-order valence-electron chi connectivity index (χ2n) is 5.08. The van der Waals surface area contributed by atoms with Gasteiger partial charge in [0.1, 0.15) is 0 Å². The predicted octanol–water partition coefficient (Wildman–Crippen LogP) is 2.38. The summed E-state index contributed by atoms with van der Waals surface area (Å²) >= 11 is 5.36. The van der Waals surface area contributed by atoms with Gasteiger partial charge in [-0.15, -0.1) is 6.58 Å². The number of nitrogens with one attached hydrogen (secondary N) is 1. The van der Waals surface area contributed by atoms with E-state index in [1.807, 2.05) is 12.1 Å². The molecule has 3 nitrogen and oxygen atoms in total. The van der Waals surface area contributed by atoms with Crippen molar-refractivity contribution in [3.05, 3.63) is 54.6 Å². The van der Waals surface area contributed by atoms with Gasteiger partial charge in [-0.3, -0.25) is 4.90 Å². The highest BCUT2D eigenvalue weighted by Gasteiger charge is 2.17. The Hall–Kier alpha value is -1.65. The SMILES string of the molecule is C=CCNC(=S)N1CCN(CC=Cc2ccccc2)CC1. The zero-order valence-corrected chi connectivity index (χ0v) is 13.2. The molecule has 1 fully saturated rings. The molecule has 0 radical (unpaired) electrons. The number of nitrogens with zero attached hydrogens (tertiary/aromatic N) is 2. The third-order valence-corrected chi connectivity index (χ3v) is 3.93. The normalized spacial score (nSPS) is 16.1. The molecule has 1 heterocycles. The molecule has 1 N–H and O–H groups in total. The summed E-state index contributed by atoms with van der Waals surface area (Å²) in [7, 11) is 0. The van der Waals surface area contributed by atoms with Crippen LogP contribution in [0.15, 0.2) is 49.1 Å². The molecule has 1 saturated heterocycles. The average molecular weight is 301 g/mol. The van der Waals surface area contributed by atoms with Crippen LogP contribution in [0.25, 0.3) is 6.08 Å². The van der Waals surface area contributed by atoms with E-state index in [2.05, 4.69) is 58.1 Å². The third-order valence-electron chi connectivity index (χ3n) is 3.53. The van der Waals surface area contributed by atoms with Crippen molar-refractivity contribution in [1.82, 2.24) is 15.1 Å². The molecule has 2 rings (SSSR count). The summed E-state index contributed by atoms with van der Waals surface area (Å²) in [6, 6.07) is 10.4. The van der Waals surface area contributed by atoms with Gasteiger partial charge in [-0.1, -0.05) is 48.6 Å². The molecule has 21 heavy (non-hydrogen) atoms. The van der Waals surface area contributed by atoms with Gasteiger partial charge in [0.05, 0.1) is 0 Å². The molecule has 0 aromatic heterocycles. The van der Waals surface area contributed by atoms with Gasteiger partial charge < -0.3 is 10.2 Å². The summed E-state index contributed by atoms with van der Waals surface area (Å²) < 4.78 is 0. The average Bonchev–Trinajstić information content (AvgIpc) is 2.54. The predicted molar refractivity (Wildman–Crippen MR) is 94.3 cm³/mol. The van der Waals surface area contributed by atoms with Gasteiger partial charge in [-0.2, -0.15) is 0 Å². The highest BCUT2D eigenvalue weighted by Crippen LogP contribution is 2.04. The van der Waals surface area contributed by atoms with Gasteiger partial charge in [0.2, 0.25) is 0 Å². The van der Waals surface area contributed by atoms with Crippen LogP contribution in [-0.4, -0.2) is 54.2 Å². The van der Waals surface area contributed by atoms with E-state index in [0.29, 0.717) is 0 Å². The lowest BCUT2D eigenvalue weighted by Crippen LogP contribution is -2.51. The summed E-state index contributed by atoms with van der Waals surface area (Å²) in [5.41, 5.74) is 1.26. The van der Waals surface area contributed by atoms with E-state index in [0.717, 1.165) is 44.4 Å². The van der Waals surface area contributed by atoms with Crippen molar-refractivity contribution in [3.63, 3.8) is 0 Å². The van der Waals surface area contributed by atoms with Crippen molar-refractivity contribution >= 4 is 23.4 Å². The Kier molecular flexibility index (Phi) is 6.44. The standard InChI is InChI=1S/C17H23N3S/c1-2-10-18-17(21)20-14-12-19(13-15-20)11-6-9-16-7-4-3-5-8-16/h2-9H,1,10-15H2,(H,18,21). The first kappa shape index (κ1) is 15.7. The zero-order chi connectivity index (χ0) is 14.9. The van der Waals surface area contributed by atoms with E-state index < -0.39 is 0 Å². The summed E-state index contributed by atoms with van der Waals surface area (Å²) in [5, 5.41) is 4.03. The minimum absolute atomic E-state index is 0.735. The van der Waals surface area contributed by atoms with Crippen molar-refractivity contribution in [2.75, 3.05) is 39.3 Å². The minimum atomic E-state index is 0.735. The van der Waals surface area contributed by atoms with Gasteiger partial charge in [-0.25, -0.2) is 0 Å². The van der Waals surface area contributed by atoms with Crippen LogP contribution >= 0.6 is 12.2 Å². The molecule has 0 aliphatic carbocycles. The Labute approximate surface area is 132 Å². The number of hydrogen-bond acceptors (Lipinski definition) is 2. The highest BCUT2D eigenvalue weighted by molar-refractivity contribution is 7.80. The number of thiocarbonyl (C=S) groups is 1. The van der Waals surface area contributed by atoms with Crippen LogP contribution in [-0.2, 0) is 0 Å². The molecule has 1 aliphatic heterocycles. The largest absolute Gasteiger partial charge is 0.359 e. The quantitative estimate of drug-likeness (QED) is 0.664. The third kappa shape index (κ3) is 5.33. The summed E-state index contributed by atoms with van der Waals surface area (Å²) in [5.74, 6) is 0. The Morgan fingerprint density at radius 3 is 2.57 bits per heavy atom. The van der Waals surface area contributed by atoms with Crippen LogP contribution in [0.3, 0.4) is 0 Å². The van der Waals surface area contributed by atoms with E-state index in [4.69, 9.17) is 12.2 Å². The Bertz CT molecular complexity index is 476. The lowest BCUT2D eigenvalue weighted by atomic mass is 10.2. The molecule has 0 atom stereocenters. The van der Waals surface area contributed by atoms with Crippen LogP contribution in [0.5, 0.6) is 0 Å². The van der Waals surface area contributed by atoms with Crippen molar-refractivity contribution < 1.29 is 0 Å². The number of hydrogen-bond donors (Lipinski definition) is 1. The van der Waals surface area contributed by atoms with E-state index in [1.165, 1.54) is 5.56 Å². The summed E-state index contributed by atoms with van der Waals surface area (Å²) in [6.45, 7) is 9.50. The first-order valence-electron chi connectivity index (χ1n) is 7.37. The maximum absolute atomic E-state index is 5.36. The lowest BCUT2D eigenvalue weighted by Gasteiger charge is -2.35. The van der Waals surface area contributed by atoms with E-state index >= 15 is 0 Å². The number of rotatable bonds is 5. The molecule has 0 bridgehead atoms. The molecular weight excluding hydrogens is 278 g/mol. The lowest BCUT2D eigenvalue weighted by molar-refractivity contribution is 0.197.